The molecule has 0 bridgehead atoms. The first-order chi connectivity index (χ1) is 18.1. The molecule has 0 aliphatic rings. The van der Waals surface area contributed by atoms with Crippen molar-refractivity contribution in [2.75, 3.05) is 17.7 Å². The summed E-state index contributed by atoms with van der Waals surface area (Å²) in [5.41, 5.74) is 7.37. The lowest BCUT2D eigenvalue weighted by Crippen LogP contribution is -2.21. The van der Waals surface area contributed by atoms with Gasteiger partial charge in [-0.2, -0.15) is 10.2 Å². The lowest BCUT2D eigenvalue weighted by molar-refractivity contribution is 0.0599. The predicted molar refractivity (Wildman–Crippen MR) is 156 cm³/mol. The molecule has 4 aromatic rings. The van der Waals surface area contributed by atoms with Gasteiger partial charge < -0.3 is 15.4 Å². The van der Waals surface area contributed by atoms with Crippen LogP contribution in [0.1, 0.15) is 44.3 Å². The number of esters is 1. The molecule has 0 radical (unpaired) electrons. The van der Waals surface area contributed by atoms with Gasteiger partial charge in [0.25, 0.3) is 0 Å². The summed E-state index contributed by atoms with van der Waals surface area (Å²) in [6.45, 7) is 8.74. The van der Waals surface area contributed by atoms with Crippen molar-refractivity contribution in [2.24, 2.45) is 0 Å². The van der Waals surface area contributed by atoms with E-state index in [1.54, 1.807) is 12.1 Å². The Hall–Kier alpha value is -3.40. The van der Waals surface area contributed by atoms with E-state index in [0.29, 0.717) is 33.8 Å². The molecule has 0 saturated carbocycles. The van der Waals surface area contributed by atoms with E-state index >= 15 is 0 Å². The maximum absolute atomic E-state index is 12.2. The third-order valence-electron chi connectivity index (χ3n) is 6.30. The van der Waals surface area contributed by atoms with Crippen molar-refractivity contribution in [1.29, 1.82) is 0 Å². The molecule has 2 aromatic carbocycles. The second-order valence-corrected chi connectivity index (χ2v) is 10.1. The molecule has 0 amide bonds. The molecular formula is C27H28Cl2N6O2S. The summed E-state index contributed by atoms with van der Waals surface area (Å²) < 4.78 is 8.66. The van der Waals surface area contributed by atoms with Crippen molar-refractivity contribution in [2.45, 2.75) is 40.8 Å². The Bertz CT molecular complexity index is 1530. The van der Waals surface area contributed by atoms with Crippen LogP contribution in [0.5, 0.6) is 0 Å². The topological polar surface area (TPSA) is 86.0 Å². The van der Waals surface area contributed by atoms with E-state index in [0.717, 1.165) is 45.3 Å². The number of methoxy groups -OCH3 is 1. The highest BCUT2D eigenvalue weighted by Gasteiger charge is 2.18. The van der Waals surface area contributed by atoms with E-state index in [1.165, 1.54) is 7.11 Å². The van der Waals surface area contributed by atoms with E-state index in [1.807, 2.05) is 67.4 Å². The van der Waals surface area contributed by atoms with Crippen LogP contribution in [0, 0.1) is 27.7 Å². The lowest BCUT2D eigenvalue weighted by atomic mass is 10.1. The van der Waals surface area contributed by atoms with E-state index < -0.39 is 0 Å². The van der Waals surface area contributed by atoms with Crippen LogP contribution >= 0.6 is 35.4 Å². The molecule has 0 fully saturated rings. The molecule has 2 heterocycles. The summed E-state index contributed by atoms with van der Waals surface area (Å²) in [5, 5.41) is 17.4. The molecule has 2 aromatic heterocycles. The first kappa shape index (κ1) is 27.6. The highest BCUT2D eigenvalue weighted by atomic mass is 35.5. The number of benzene rings is 2. The third-order valence-corrected chi connectivity index (χ3v) is 7.24. The van der Waals surface area contributed by atoms with Gasteiger partial charge in [0, 0.05) is 0 Å². The van der Waals surface area contributed by atoms with Crippen LogP contribution < -0.4 is 10.6 Å². The molecule has 0 saturated heterocycles. The number of hydrogen-bond donors (Lipinski definition) is 2. The molecule has 0 atom stereocenters. The number of thiocarbonyl (C=S) groups is 1. The zero-order chi connectivity index (χ0) is 27.6. The fourth-order valence-corrected chi connectivity index (χ4v) is 4.79. The normalized spacial score (nSPS) is 10.9. The van der Waals surface area contributed by atoms with Gasteiger partial charge in [-0.05, 0) is 69.2 Å². The zero-order valence-electron chi connectivity index (χ0n) is 21.7. The molecule has 0 unspecified atom stereocenters. The van der Waals surface area contributed by atoms with Gasteiger partial charge in [0.05, 0.1) is 70.0 Å². The Kier molecular flexibility index (Phi) is 8.40. The highest BCUT2D eigenvalue weighted by molar-refractivity contribution is 7.80. The monoisotopic (exact) mass is 570 g/mol. The van der Waals surface area contributed by atoms with E-state index in [2.05, 4.69) is 20.8 Å². The fourth-order valence-electron chi connectivity index (χ4n) is 4.26. The second kappa shape index (κ2) is 11.6. The van der Waals surface area contributed by atoms with Gasteiger partial charge in [0.1, 0.15) is 0 Å². The summed E-state index contributed by atoms with van der Waals surface area (Å²) in [6, 6.07) is 12.9. The summed E-state index contributed by atoms with van der Waals surface area (Å²) >= 11 is 17.9. The van der Waals surface area contributed by atoms with Gasteiger partial charge in [-0.1, -0.05) is 47.5 Å². The lowest BCUT2D eigenvalue weighted by Gasteiger charge is -2.13. The van der Waals surface area contributed by atoms with Gasteiger partial charge in [0.2, 0.25) is 0 Å². The molecule has 0 spiro atoms. The number of carbonyl (C=O) groups is 1. The van der Waals surface area contributed by atoms with Crippen LogP contribution in [-0.4, -0.2) is 37.8 Å². The van der Waals surface area contributed by atoms with Gasteiger partial charge in [-0.25, -0.2) is 4.79 Å². The van der Waals surface area contributed by atoms with Crippen molar-refractivity contribution < 1.29 is 9.53 Å². The first-order valence-electron chi connectivity index (χ1n) is 11.8. The third kappa shape index (κ3) is 5.85. The minimum atomic E-state index is -0.378. The van der Waals surface area contributed by atoms with Crippen LogP contribution in [0.15, 0.2) is 42.5 Å². The largest absolute Gasteiger partial charge is 0.465 e. The van der Waals surface area contributed by atoms with E-state index in [-0.39, 0.29) is 5.97 Å². The van der Waals surface area contributed by atoms with Gasteiger partial charge in [-0.15, -0.1) is 0 Å². The van der Waals surface area contributed by atoms with Crippen molar-refractivity contribution in [3.8, 4) is 0 Å². The Labute approximate surface area is 236 Å². The quantitative estimate of drug-likeness (QED) is 0.199. The number of aromatic nitrogens is 4. The van der Waals surface area contributed by atoms with Gasteiger partial charge >= 0.3 is 5.97 Å². The van der Waals surface area contributed by atoms with Crippen LogP contribution in [-0.2, 0) is 17.8 Å². The minimum absolute atomic E-state index is 0.378. The predicted octanol–water partition coefficient (Wildman–Crippen LogP) is 6.31. The Morgan fingerprint density at radius 2 is 1.47 bits per heavy atom. The number of nitrogens with zero attached hydrogens (tertiary/aromatic N) is 4. The molecule has 4 rings (SSSR count). The van der Waals surface area contributed by atoms with Crippen molar-refractivity contribution in [3.05, 3.63) is 92.0 Å². The molecule has 8 nitrogen and oxygen atoms in total. The Balaban J connectivity index is 1.49. The maximum atomic E-state index is 12.2. The number of halogens is 2. The highest BCUT2D eigenvalue weighted by Crippen LogP contribution is 2.26. The molecule has 38 heavy (non-hydrogen) atoms. The first-order valence-corrected chi connectivity index (χ1v) is 13.0. The van der Waals surface area contributed by atoms with Crippen LogP contribution in [0.3, 0.4) is 0 Å². The summed E-state index contributed by atoms with van der Waals surface area (Å²) in [7, 11) is 1.37. The molecule has 11 heteroatoms. The minimum Gasteiger partial charge on any atom is -0.465 e. The van der Waals surface area contributed by atoms with Crippen molar-refractivity contribution in [1.82, 2.24) is 19.6 Å². The number of aryl methyl sites for hydroxylation is 2. The molecule has 198 valence electrons. The summed E-state index contributed by atoms with van der Waals surface area (Å²) in [5.74, 6) is -0.378. The van der Waals surface area contributed by atoms with Gasteiger partial charge in [0.15, 0.2) is 5.11 Å². The summed E-state index contributed by atoms with van der Waals surface area (Å²) in [6.07, 6.45) is 0. The average molecular weight is 572 g/mol. The zero-order valence-corrected chi connectivity index (χ0v) is 24.1. The number of carbonyl (C=O) groups excluding carboxylic acids is 1. The SMILES string of the molecule is COC(=O)c1ccccc1Cn1nc(C)c(NC(=S)Nc2c(C)nn(Cc3ccc(Cl)c(Cl)c3)c2C)c1C. The number of nitrogens with one attached hydrogen (secondary N) is 2. The number of ether oxygens (including phenoxy) is 1. The maximum Gasteiger partial charge on any atom is 0.338 e. The van der Waals surface area contributed by atoms with Crippen LogP contribution in [0.4, 0.5) is 11.4 Å². The molecular weight excluding hydrogens is 543 g/mol. The van der Waals surface area contributed by atoms with Crippen molar-refractivity contribution >= 4 is 57.9 Å². The standard InChI is InChI=1S/C27H28Cl2N6O2S/c1-15-24(17(3)34(32-15)13-19-10-11-22(28)23(29)12-19)30-27(38)31-25-16(2)33-35(18(25)4)14-20-8-6-7-9-21(20)26(36)37-5/h6-12H,13-14H2,1-5H3,(H2,30,31,38). The van der Waals surface area contributed by atoms with Crippen LogP contribution in [0.25, 0.3) is 0 Å². The summed E-state index contributed by atoms with van der Waals surface area (Å²) in [4.78, 5) is 12.2. The van der Waals surface area contributed by atoms with E-state index in [9.17, 15) is 4.79 Å². The Morgan fingerprint density at radius 1 is 0.895 bits per heavy atom. The molecule has 2 N–H and O–H groups in total. The van der Waals surface area contributed by atoms with Crippen LogP contribution in [0.2, 0.25) is 10.0 Å². The average Bonchev–Trinajstić information content (AvgIpc) is 3.30. The number of hydrogen-bond acceptors (Lipinski definition) is 5. The molecule has 0 aliphatic heterocycles. The number of anilines is 2. The molecule has 0 aliphatic carbocycles. The van der Waals surface area contributed by atoms with Crippen molar-refractivity contribution in [3.63, 3.8) is 0 Å². The Morgan fingerprint density at radius 3 is 2.05 bits per heavy atom. The van der Waals surface area contributed by atoms with Gasteiger partial charge in [-0.3, -0.25) is 9.36 Å². The fraction of sp³-hybridized carbons (Fsp3) is 0.259. The smallest absolute Gasteiger partial charge is 0.338 e. The number of rotatable bonds is 7. The van der Waals surface area contributed by atoms with E-state index in [4.69, 9.17) is 40.2 Å². The second-order valence-electron chi connectivity index (χ2n) is 8.88.